The van der Waals surface area contributed by atoms with Crippen molar-refractivity contribution in [2.24, 2.45) is 0 Å². The Morgan fingerprint density at radius 3 is 2.93 bits per heavy atom. The summed E-state index contributed by atoms with van der Waals surface area (Å²) in [6, 6.07) is 5.76. The van der Waals surface area contributed by atoms with E-state index >= 15 is 0 Å². The van der Waals surface area contributed by atoms with E-state index in [9.17, 15) is 4.79 Å². The maximum Gasteiger partial charge on any atom is 0.164 e. The molecule has 0 aromatic heterocycles. The summed E-state index contributed by atoms with van der Waals surface area (Å²) in [4.78, 5) is 11.8. The van der Waals surface area contributed by atoms with Crippen LogP contribution in [0.4, 0.5) is 0 Å². The maximum absolute atomic E-state index is 11.8. The van der Waals surface area contributed by atoms with Crippen molar-refractivity contribution in [3.05, 3.63) is 31.8 Å². The predicted octanol–water partition coefficient (Wildman–Crippen LogP) is 4.04. The fraction of sp³-hybridized carbons (Fsp3) is 0.250. The Morgan fingerprint density at radius 1 is 1.53 bits per heavy atom. The van der Waals surface area contributed by atoms with Gasteiger partial charge in [0.05, 0.1) is 0 Å². The fourth-order valence-electron chi connectivity index (χ4n) is 1.15. The first-order valence-electron chi connectivity index (χ1n) is 4.53. The van der Waals surface area contributed by atoms with Gasteiger partial charge >= 0.3 is 0 Å². The second-order valence-corrected chi connectivity index (χ2v) is 5.07. The molecule has 0 fully saturated rings. The van der Waals surface area contributed by atoms with Gasteiger partial charge in [0.25, 0.3) is 0 Å². The predicted molar refractivity (Wildman–Crippen MR) is 73.9 cm³/mol. The van der Waals surface area contributed by atoms with Crippen LogP contribution in [0.2, 0.25) is 0 Å². The Kier molecular flexibility index (Phi) is 5.34. The van der Waals surface area contributed by atoms with Crippen LogP contribution in [0.5, 0.6) is 0 Å². The highest BCUT2D eigenvalue weighted by atomic mass is 127. The number of carbonyl (C=O) groups excluding carboxylic acids is 1. The molecule has 0 aliphatic rings. The van der Waals surface area contributed by atoms with Gasteiger partial charge in [0, 0.05) is 26.4 Å². The van der Waals surface area contributed by atoms with Gasteiger partial charge < -0.3 is 0 Å². The first-order chi connectivity index (χ1) is 7.15. The Labute approximate surface area is 112 Å². The molecule has 0 amide bonds. The topological polar surface area (TPSA) is 17.1 Å². The quantitative estimate of drug-likeness (QED) is 0.442. The third-order valence-corrected chi connectivity index (χ3v) is 3.25. The molecule has 78 valence electrons. The van der Waals surface area contributed by atoms with Gasteiger partial charge in [-0.15, -0.1) is 11.8 Å². The highest BCUT2D eigenvalue weighted by Crippen LogP contribution is 2.21. The number of hydrogen-bond donors (Lipinski definition) is 0. The van der Waals surface area contributed by atoms with E-state index in [1.165, 1.54) is 0 Å². The minimum atomic E-state index is 0.142. The molecule has 15 heavy (non-hydrogen) atoms. The van der Waals surface area contributed by atoms with E-state index < -0.39 is 0 Å². The van der Waals surface area contributed by atoms with Crippen molar-refractivity contribution in [2.75, 3.05) is 0 Å². The van der Waals surface area contributed by atoms with E-state index in [0.717, 1.165) is 13.6 Å². The maximum atomic E-state index is 11.8. The number of halogens is 2. The minimum absolute atomic E-state index is 0.142. The number of hydrogen-bond acceptors (Lipinski definition) is 1. The summed E-state index contributed by atoms with van der Waals surface area (Å²) in [6.45, 7) is 1.78. The normalized spacial score (nSPS) is 9.27. The molecular formula is C12H10BrIO. The molecule has 0 atom stereocenters. The van der Waals surface area contributed by atoms with E-state index in [0.29, 0.717) is 12.8 Å². The molecule has 0 saturated heterocycles. The molecule has 0 unspecified atom stereocenters. The Balaban J connectivity index is 2.80. The van der Waals surface area contributed by atoms with Crippen molar-refractivity contribution in [3.63, 3.8) is 0 Å². The summed E-state index contributed by atoms with van der Waals surface area (Å²) < 4.78 is 1.93. The molecule has 0 radical (unpaired) electrons. The average molecular weight is 377 g/mol. The SMILES string of the molecule is CC#CCCC(=O)c1cc(I)ccc1Br. The molecule has 0 saturated carbocycles. The number of benzene rings is 1. The van der Waals surface area contributed by atoms with Crippen LogP contribution in [0, 0.1) is 15.4 Å². The molecule has 3 heteroatoms. The third-order valence-electron chi connectivity index (χ3n) is 1.88. The zero-order chi connectivity index (χ0) is 11.3. The van der Waals surface area contributed by atoms with Gasteiger partial charge in [0.15, 0.2) is 5.78 Å². The van der Waals surface area contributed by atoms with E-state index in [1.807, 2.05) is 18.2 Å². The summed E-state index contributed by atoms with van der Waals surface area (Å²) in [5.41, 5.74) is 0.750. The van der Waals surface area contributed by atoms with Gasteiger partial charge in [0.2, 0.25) is 0 Å². The van der Waals surface area contributed by atoms with Gasteiger partial charge in [-0.05, 0) is 47.7 Å². The van der Waals surface area contributed by atoms with E-state index in [-0.39, 0.29) is 5.78 Å². The summed E-state index contributed by atoms with van der Waals surface area (Å²) in [5, 5.41) is 0. The molecule has 1 nitrogen and oxygen atoms in total. The highest BCUT2D eigenvalue weighted by Gasteiger charge is 2.09. The summed E-state index contributed by atoms with van der Waals surface area (Å²) in [7, 11) is 0. The Bertz CT molecular complexity index is 429. The molecule has 0 spiro atoms. The van der Waals surface area contributed by atoms with Gasteiger partial charge in [-0.25, -0.2) is 0 Å². The molecule has 1 aromatic carbocycles. The van der Waals surface area contributed by atoms with Crippen LogP contribution in [0.15, 0.2) is 22.7 Å². The molecule has 0 bridgehead atoms. The standard InChI is InChI=1S/C12H10BrIO/c1-2-3-4-5-12(15)10-8-9(14)6-7-11(10)13/h6-8H,4-5H2,1H3. The van der Waals surface area contributed by atoms with Crippen LogP contribution in [-0.2, 0) is 0 Å². The Hall–Kier alpha value is -0.340. The van der Waals surface area contributed by atoms with Gasteiger partial charge in [0.1, 0.15) is 0 Å². The van der Waals surface area contributed by atoms with Crippen LogP contribution in [0.1, 0.15) is 30.1 Å². The molecule has 0 heterocycles. The van der Waals surface area contributed by atoms with Crippen LogP contribution in [0.3, 0.4) is 0 Å². The van der Waals surface area contributed by atoms with Crippen molar-refractivity contribution < 1.29 is 4.79 Å². The monoisotopic (exact) mass is 376 g/mol. The highest BCUT2D eigenvalue weighted by molar-refractivity contribution is 14.1. The van der Waals surface area contributed by atoms with Crippen molar-refractivity contribution in [3.8, 4) is 11.8 Å². The largest absolute Gasteiger partial charge is 0.294 e. The minimum Gasteiger partial charge on any atom is -0.294 e. The second kappa shape index (κ2) is 6.29. The number of ketones is 1. The second-order valence-electron chi connectivity index (χ2n) is 2.97. The van der Waals surface area contributed by atoms with E-state index in [2.05, 4.69) is 50.4 Å². The smallest absolute Gasteiger partial charge is 0.164 e. The third kappa shape index (κ3) is 3.96. The molecule has 0 aliphatic heterocycles. The number of Topliss-reactive ketones (excluding diaryl/α,β-unsaturated/α-hetero) is 1. The number of carbonyl (C=O) groups is 1. The van der Waals surface area contributed by atoms with Crippen LogP contribution < -0.4 is 0 Å². The summed E-state index contributed by atoms with van der Waals surface area (Å²) >= 11 is 5.58. The molecule has 1 aromatic rings. The van der Waals surface area contributed by atoms with E-state index in [1.54, 1.807) is 6.92 Å². The molecule has 1 rings (SSSR count). The zero-order valence-corrected chi connectivity index (χ0v) is 12.1. The molecule has 0 N–H and O–H groups in total. The summed E-state index contributed by atoms with van der Waals surface area (Å²) in [5.74, 6) is 5.82. The van der Waals surface area contributed by atoms with Crippen molar-refractivity contribution in [2.45, 2.75) is 19.8 Å². The van der Waals surface area contributed by atoms with Crippen LogP contribution in [0.25, 0.3) is 0 Å². The van der Waals surface area contributed by atoms with E-state index in [4.69, 9.17) is 0 Å². The van der Waals surface area contributed by atoms with Crippen LogP contribution >= 0.6 is 38.5 Å². The molecular weight excluding hydrogens is 367 g/mol. The zero-order valence-electron chi connectivity index (χ0n) is 8.31. The fourth-order valence-corrected chi connectivity index (χ4v) is 2.11. The molecule has 0 aliphatic carbocycles. The van der Waals surface area contributed by atoms with Crippen molar-refractivity contribution in [1.29, 1.82) is 0 Å². The lowest BCUT2D eigenvalue weighted by molar-refractivity contribution is 0.0983. The number of rotatable bonds is 3. The first kappa shape index (κ1) is 12.7. The van der Waals surface area contributed by atoms with Crippen LogP contribution in [-0.4, -0.2) is 5.78 Å². The average Bonchev–Trinajstić information content (AvgIpc) is 2.22. The van der Waals surface area contributed by atoms with Gasteiger partial charge in [-0.3, -0.25) is 4.79 Å². The Morgan fingerprint density at radius 2 is 2.27 bits per heavy atom. The van der Waals surface area contributed by atoms with Gasteiger partial charge in [-0.2, -0.15) is 0 Å². The van der Waals surface area contributed by atoms with Gasteiger partial charge in [-0.1, -0.05) is 15.9 Å². The lowest BCUT2D eigenvalue weighted by Gasteiger charge is -2.02. The lowest BCUT2D eigenvalue weighted by Crippen LogP contribution is -2.00. The van der Waals surface area contributed by atoms with Crippen molar-refractivity contribution in [1.82, 2.24) is 0 Å². The van der Waals surface area contributed by atoms with Crippen molar-refractivity contribution >= 4 is 44.3 Å². The first-order valence-corrected chi connectivity index (χ1v) is 6.40. The summed E-state index contributed by atoms with van der Waals surface area (Å²) in [6.07, 6.45) is 1.12. The lowest BCUT2D eigenvalue weighted by atomic mass is 10.1.